The van der Waals surface area contributed by atoms with Crippen LogP contribution in [0.2, 0.25) is 0 Å². The third-order valence-electron chi connectivity index (χ3n) is 2.98. The summed E-state index contributed by atoms with van der Waals surface area (Å²) in [6.07, 6.45) is 0. The molecule has 3 aromatic rings. The molecule has 0 aliphatic carbocycles. The molecule has 3 rings (SSSR count). The predicted molar refractivity (Wildman–Crippen MR) is 71.4 cm³/mol. The molecule has 0 amide bonds. The quantitative estimate of drug-likeness (QED) is 0.798. The summed E-state index contributed by atoms with van der Waals surface area (Å²) in [5.41, 5.74) is 2.33. The largest absolute Gasteiger partial charge is 0.349 e. The van der Waals surface area contributed by atoms with Crippen LogP contribution in [0.3, 0.4) is 0 Å². The van der Waals surface area contributed by atoms with Gasteiger partial charge in [0.2, 0.25) is 5.95 Å². The lowest BCUT2D eigenvalue weighted by molar-refractivity contribution is 0.507. The summed E-state index contributed by atoms with van der Waals surface area (Å²) in [5.74, 6) is -1.26. The first kappa shape index (κ1) is 12.5. The van der Waals surface area contributed by atoms with Crippen molar-refractivity contribution in [3.05, 3.63) is 59.3 Å². The minimum absolute atomic E-state index is 0.327. The molecule has 0 saturated heterocycles. The molecule has 0 spiro atoms. The standard InChI is InChI=1S/C14H12F2N4/c1-9-3-2-4-13-18-14(19-20(9)13)17-8-10-5-6-11(15)12(16)7-10/h2-7H,8H2,1H3,(H,17,19). The molecule has 6 heteroatoms. The van der Waals surface area contributed by atoms with Crippen LogP contribution in [0, 0.1) is 18.6 Å². The number of benzene rings is 1. The maximum absolute atomic E-state index is 13.1. The Hall–Kier alpha value is -2.50. The number of hydrogen-bond acceptors (Lipinski definition) is 3. The van der Waals surface area contributed by atoms with Crippen LogP contribution in [0.15, 0.2) is 36.4 Å². The Labute approximate surface area is 114 Å². The molecule has 0 saturated carbocycles. The van der Waals surface area contributed by atoms with Crippen molar-refractivity contribution in [1.82, 2.24) is 14.6 Å². The van der Waals surface area contributed by atoms with Crippen LogP contribution >= 0.6 is 0 Å². The molecule has 0 radical (unpaired) electrons. The van der Waals surface area contributed by atoms with Crippen molar-refractivity contribution in [2.75, 3.05) is 5.32 Å². The van der Waals surface area contributed by atoms with Gasteiger partial charge in [-0.2, -0.15) is 4.98 Å². The summed E-state index contributed by atoms with van der Waals surface area (Å²) >= 11 is 0. The molecule has 0 unspecified atom stereocenters. The van der Waals surface area contributed by atoms with E-state index < -0.39 is 11.6 Å². The molecule has 1 N–H and O–H groups in total. The number of halogens is 2. The third kappa shape index (κ3) is 2.32. The monoisotopic (exact) mass is 274 g/mol. The summed E-state index contributed by atoms with van der Waals surface area (Å²) < 4.78 is 27.6. The molecular weight excluding hydrogens is 262 g/mol. The highest BCUT2D eigenvalue weighted by atomic mass is 19.2. The molecule has 0 bridgehead atoms. The second-order valence-corrected chi connectivity index (χ2v) is 4.47. The molecule has 4 nitrogen and oxygen atoms in total. The molecule has 2 aromatic heterocycles. The van der Waals surface area contributed by atoms with E-state index in [1.165, 1.54) is 6.07 Å². The van der Waals surface area contributed by atoms with E-state index in [0.29, 0.717) is 18.1 Å². The first-order valence-electron chi connectivity index (χ1n) is 6.14. The van der Waals surface area contributed by atoms with Crippen molar-refractivity contribution in [2.45, 2.75) is 13.5 Å². The van der Waals surface area contributed by atoms with Gasteiger partial charge in [0.25, 0.3) is 0 Å². The van der Waals surface area contributed by atoms with Gasteiger partial charge in [-0.15, -0.1) is 5.10 Å². The fourth-order valence-electron chi connectivity index (χ4n) is 1.94. The summed E-state index contributed by atoms with van der Waals surface area (Å²) in [6, 6.07) is 9.46. The lowest BCUT2D eigenvalue weighted by atomic mass is 10.2. The summed E-state index contributed by atoms with van der Waals surface area (Å²) in [5, 5.41) is 7.29. The van der Waals surface area contributed by atoms with Crippen molar-refractivity contribution >= 4 is 11.6 Å². The van der Waals surface area contributed by atoms with Crippen LogP contribution in [0.25, 0.3) is 5.65 Å². The van der Waals surface area contributed by atoms with E-state index >= 15 is 0 Å². The van der Waals surface area contributed by atoms with Gasteiger partial charge in [0.1, 0.15) is 0 Å². The van der Waals surface area contributed by atoms with E-state index in [1.54, 1.807) is 4.52 Å². The van der Waals surface area contributed by atoms with Gasteiger partial charge in [-0.3, -0.25) is 0 Å². The van der Waals surface area contributed by atoms with Crippen LogP contribution in [0.1, 0.15) is 11.3 Å². The van der Waals surface area contributed by atoms with Gasteiger partial charge in [0.15, 0.2) is 17.3 Å². The van der Waals surface area contributed by atoms with E-state index in [1.807, 2.05) is 25.1 Å². The van der Waals surface area contributed by atoms with Crippen molar-refractivity contribution in [2.24, 2.45) is 0 Å². The number of nitrogens with one attached hydrogen (secondary N) is 1. The van der Waals surface area contributed by atoms with Crippen molar-refractivity contribution in [3.63, 3.8) is 0 Å². The Morgan fingerprint density at radius 2 is 2.00 bits per heavy atom. The highest BCUT2D eigenvalue weighted by Gasteiger charge is 2.06. The molecule has 1 aromatic carbocycles. The molecule has 0 fully saturated rings. The number of fused-ring (bicyclic) bond motifs is 1. The van der Waals surface area contributed by atoms with Gasteiger partial charge >= 0.3 is 0 Å². The van der Waals surface area contributed by atoms with Gasteiger partial charge in [-0.25, -0.2) is 13.3 Å². The summed E-state index contributed by atoms with van der Waals surface area (Å²) in [4.78, 5) is 4.30. The first-order valence-corrected chi connectivity index (χ1v) is 6.14. The number of rotatable bonds is 3. The number of pyridine rings is 1. The Morgan fingerprint density at radius 1 is 1.15 bits per heavy atom. The first-order chi connectivity index (χ1) is 9.63. The predicted octanol–water partition coefficient (Wildman–Crippen LogP) is 2.93. The van der Waals surface area contributed by atoms with Crippen molar-refractivity contribution in [1.29, 1.82) is 0 Å². The average molecular weight is 274 g/mol. The molecule has 102 valence electrons. The Balaban J connectivity index is 1.79. The van der Waals surface area contributed by atoms with E-state index in [2.05, 4.69) is 15.4 Å². The van der Waals surface area contributed by atoms with Crippen molar-refractivity contribution in [3.8, 4) is 0 Å². The van der Waals surface area contributed by atoms with E-state index in [9.17, 15) is 8.78 Å². The molecular formula is C14H12F2N4. The molecule has 20 heavy (non-hydrogen) atoms. The Morgan fingerprint density at radius 3 is 2.75 bits per heavy atom. The van der Waals surface area contributed by atoms with Crippen LogP contribution < -0.4 is 5.32 Å². The normalized spacial score (nSPS) is 10.9. The topological polar surface area (TPSA) is 42.2 Å². The van der Waals surface area contributed by atoms with Gasteiger partial charge in [-0.05, 0) is 36.8 Å². The fraction of sp³-hybridized carbons (Fsp3) is 0.143. The second kappa shape index (κ2) is 4.88. The summed E-state index contributed by atoms with van der Waals surface area (Å²) in [6.45, 7) is 2.26. The van der Waals surface area contributed by atoms with Crippen LogP contribution in [-0.2, 0) is 6.54 Å². The zero-order valence-electron chi connectivity index (χ0n) is 10.8. The zero-order chi connectivity index (χ0) is 14.1. The Bertz CT molecular complexity index is 767. The lowest BCUT2D eigenvalue weighted by Crippen LogP contribution is -2.02. The number of hydrogen-bond donors (Lipinski definition) is 1. The van der Waals surface area contributed by atoms with Gasteiger partial charge in [0.05, 0.1) is 0 Å². The smallest absolute Gasteiger partial charge is 0.243 e. The molecule has 0 aliphatic heterocycles. The van der Waals surface area contributed by atoms with E-state index in [-0.39, 0.29) is 0 Å². The number of aromatic nitrogens is 3. The van der Waals surface area contributed by atoms with E-state index in [0.717, 1.165) is 23.5 Å². The SMILES string of the molecule is Cc1cccc2nc(NCc3ccc(F)c(F)c3)nn12. The number of aryl methyl sites for hydroxylation is 1. The number of anilines is 1. The minimum Gasteiger partial charge on any atom is -0.349 e. The average Bonchev–Trinajstić information content (AvgIpc) is 2.85. The lowest BCUT2D eigenvalue weighted by Gasteiger charge is -2.02. The van der Waals surface area contributed by atoms with Gasteiger partial charge in [-0.1, -0.05) is 12.1 Å². The highest BCUT2D eigenvalue weighted by Crippen LogP contribution is 2.12. The summed E-state index contributed by atoms with van der Waals surface area (Å²) in [7, 11) is 0. The van der Waals surface area contributed by atoms with E-state index in [4.69, 9.17) is 0 Å². The fourth-order valence-corrected chi connectivity index (χ4v) is 1.94. The zero-order valence-corrected chi connectivity index (χ0v) is 10.8. The minimum atomic E-state index is -0.858. The Kier molecular flexibility index (Phi) is 3.06. The maximum atomic E-state index is 13.1. The number of nitrogens with zero attached hydrogens (tertiary/aromatic N) is 3. The van der Waals surface area contributed by atoms with Gasteiger partial charge < -0.3 is 5.32 Å². The van der Waals surface area contributed by atoms with Crippen LogP contribution in [-0.4, -0.2) is 14.6 Å². The van der Waals surface area contributed by atoms with Gasteiger partial charge in [0, 0.05) is 12.2 Å². The van der Waals surface area contributed by atoms with Crippen LogP contribution in [0.4, 0.5) is 14.7 Å². The van der Waals surface area contributed by atoms with Crippen LogP contribution in [0.5, 0.6) is 0 Å². The highest BCUT2D eigenvalue weighted by molar-refractivity contribution is 5.44. The van der Waals surface area contributed by atoms with Crippen molar-refractivity contribution < 1.29 is 8.78 Å². The maximum Gasteiger partial charge on any atom is 0.243 e. The molecule has 2 heterocycles. The molecule has 0 atom stereocenters. The third-order valence-corrected chi connectivity index (χ3v) is 2.98. The second-order valence-electron chi connectivity index (χ2n) is 4.47. The molecule has 0 aliphatic rings.